The van der Waals surface area contributed by atoms with Gasteiger partial charge in [-0.25, -0.2) is 0 Å². The maximum Gasteiger partial charge on any atom is 0.293 e. The molecule has 1 saturated heterocycles. The number of carbonyl (C=O) groups is 3. The van der Waals surface area contributed by atoms with Crippen LogP contribution in [0.25, 0.3) is 6.08 Å². The number of ketones is 1. The number of nitrogens with zero attached hydrogens (tertiary/aromatic N) is 2. The molecule has 9 heteroatoms. The van der Waals surface area contributed by atoms with E-state index >= 15 is 0 Å². The van der Waals surface area contributed by atoms with Crippen LogP contribution in [0.4, 0.5) is 10.5 Å². The summed E-state index contributed by atoms with van der Waals surface area (Å²) in [5, 5.41) is 10.2. The van der Waals surface area contributed by atoms with Gasteiger partial charge >= 0.3 is 0 Å². The van der Waals surface area contributed by atoms with Crippen LogP contribution in [0.1, 0.15) is 21.5 Å². The fourth-order valence-electron chi connectivity index (χ4n) is 3.19. The Labute approximate surface area is 199 Å². The van der Waals surface area contributed by atoms with E-state index in [-0.39, 0.29) is 16.2 Å². The predicted molar refractivity (Wildman–Crippen MR) is 127 cm³/mol. The molecule has 3 aromatic rings. The van der Waals surface area contributed by atoms with Gasteiger partial charge in [0.1, 0.15) is 12.4 Å². The van der Waals surface area contributed by atoms with Gasteiger partial charge in [-0.15, -0.1) is 0 Å². The molecule has 170 valence electrons. The largest absolute Gasteiger partial charge is 0.489 e. The number of thioether (sulfide) groups is 1. The third kappa shape index (κ3) is 5.38. The highest BCUT2D eigenvalue weighted by Gasteiger charge is 2.36. The van der Waals surface area contributed by atoms with Crippen LogP contribution in [0.5, 0.6) is 5.75 Å². The molecule has 8 nitrogen and oxygen atoms in total. The number of nitro benzene ring substituents is 1. The number of ether oxygens (including phenoxy) is 1. The molecule has 1 aliphatic heterocycles. The summed E-state index contributed by atoms with van der Waals surface area (Å²) in [6.45, 7) is -0.00601. The number of imide groups is 1. The number of Topliss-reactive ketones (excluding diaryl/α,β-unsaturated/α-hetero) is 1. The smallest absolute Gasteiger partial charge is 0.293 e. The molecule has 4 rings (SSSR count). The fourth-order valence-corrected chi connectivity index (χ4v) is 4.03. The molecule has 2 amide bonds. The molecule has 0 radical (unpaired) electrons. The number of hydrogen-bond acceptors (Lipinski definition) is 7. The highest BCUT2D eigenvalue weighted by atomic mass is 32.2. The summed E-state index contributed by atoms with van der Waals surface area (Å²) in [6, 6.07) is 21.9. The fraction of sp³-hybridized carbons (Fsp3) is 0.0800. The van der Waals surface area contributed by atoms with Gasteiger partial charge < -0.3 is 4.74 Å². The lowest BCUT2D eigenvalue weighted by Crippen LogP contribution is -2.33. The van der Waals surface area contributed by atoms with Crippen LogP contribution in [-0.2, 0) is 11.4 Å². The Balaban J connectivity index is 1.39. The average Bonchev–Trinajstić information content (AvgIpc) is 3.11. The van der Waals surface area contributed by atoms with Crippen molar-refractivity contribution in [2.24, 2.45) is 0 Å². The van der Waals surface area contributed by atoms with Crippen LogP contribution in [0.2, 0.25) is 0 Å². The molecule has 0 spiro atoms. The van der Waals surface area contributed by atoms with Gasteiger partial charge in [-0.1, -0.05) is 42.5 Å². The Morgan fingerprint density at radius 1 is 0.971 bits per heavy atom. The zero-order valence-corrected chi connectivity index (χ0v) is 18.6. The number of non-ortho nitro benzene ring substituents is 1. The summed E-state index contributed by atoms with van der Waals surface area (Å²) in [4.78, 5) is 48.8. The Hall–Kier alpha value is -4.24. The second-order valence-corrected chi connectivity index (χ2v) is 8.33. The van der Waals surface area contributed by atoms with E-state index < -0.39 is 28.4 Å². The van der Waals surface area contributed by atoms with Crippen LogP contribution in [0.15, 0.2) is 83.8 Å². The Kier molecular flexibility index (Phi) is 6.84. The van der Waals surface area contributed by atoms with Gasteiger partial charge in [-0.05, 0) is 53.2 Å². The first-order chi connectivity index (χ1) is 16.4. The van der Waals surface area contributed by atoms with Crippen molar-refractivity contribution in [2.45, 2.75) is 6.61 Å². The topological polar surface area (TPSA) is 107 Å². The molecule has 0 unspecified atom stereocenters. The monoisotopic (exact) mass is 474 g/mol. The van der Waals surface area contributed by atoms with Crippen LogP contribution in [0.3, 0.4) is 0 Å². The lowest BCUT2D eigenvalue weighted by Gasteiger charge is -2.11. The van der Waals surface area contributed by atoms with Crippen molar-refractivity contribution >= 4 is 40.5 Å². The summed E-state index contributed by atoms with van der Waals surface area (Å²) >= 11 is 0.758. The van der Waals surface area contributed by atoms with E-state index in [9.17, 15) is 24.5 Å². The first-order valence-electron chi connectivity index (χ1n) is 10.2. The minimum absolute atomic E-state index is 0.151. The molecular weight excluding hydrogens is 456 g/mol. The number of nitro groups is 1. The summed E-state index contributed by atoms with van der Waals surface area (Å²) in [5.41, 5.74) is 1.78. The van der Waals surface area contributed by atoms with Crippen molar-refractivity contribution in [3.05, 3.63) is 111 Å². The highest BCUT2D eigenvalue weighted by Crippen LogP contribution is 2.32. The van der Waals surface area contributed by atoms with Crippen molar-refractivity contribution in [3.63, 3.8) is 0 Å². The zero-order chi connectivity index (χ0) is 24.1. The van der Waals surface area contributed by atoms with Gasteiger partial charge in [-0.3, -0.25) is 29.4 Å². The number of benzene rings is 3. The molecule has 34 heavy (non-hydrogen) atoms. The molecule has 0 aliphatic carbocycles. The van der Waals surface area contributed by atoms with E-state index in [0.29, 0.717) is 17.9 Å². The molecule has 1 heterocycles. The van der Waals surface area contributed by atoms with Gasteiger partial charge in [-0.2, -0.15) is 0 Å². The molecule has 1 fully saturated rings. The molecule has 0 N–H and O–H groups in total. The zero-order valence-electron chi connectivity index (χ0n) is 17.7. The first kappa shape index (κ1) is 22.9. The van der Waals surface area contributed by atoms with Crippen molar-refractivity contribution in [3.8, 4) is 5.75 Å². The SMILES string of the molecule is O=C(CN1C(=O)S/C(=C/c2ccc(OCc3ccccc3)cc2)C1=O)c1ccc([N+](=O)[O-])cc1. The molecule has 1 aliphatic rings. The van der Waals surface area contributed by atoms with E-state index in [2.05, 4.69) is 0 Å². The summed E-state index contributed by atoms with van der Waals surface area (Å²) in [6.07, 6.45) is 1.59. The Morgan fingerprint density at radius 3 is 2.29 bits per heavy atom. The maximum absolute atomic E-state index is 12.7. The lowest BCUT2D eigenvalue weighted by molar-refractivity contribution is -0.384. The van der Waals surface area contributed by atoms with Crippen molar-refractivity contribution in [1.29, 1.82) is 0 Å². The van der Waals surface area contributed by atoms with Crippen molar-refractivity contribution in [2.75, 3.05) is 6.54 Å². The molecule has 0 saturated carbocycles. The Morgan fingerprint density at radius 2 is 1.65 bits per heavy atom. The average molecular weight is 474 g/mol. The van der Waals surface area contributed by atoms with Gasteiger partial charge in [0.25, 0.3) is 16.8 Å². The normalized spacial score (nSPS) is 14.5. The van der Waals surface area contributed by atoms with Gasteiger partial charge in [0, 0.05) is 17.7 Å². The minimum Gasteiger partial charge on any atom is -0.489 e. The summed E-state index contributed by atoms with van der Waals surface area (Å²) in [5.74, 6) is -0.379. The molecule has 3 aromatic carbocycles. The summed E-state index contributed by atoms with van der Waals surface area (Å²) < 4.78 is 5.75. The first-order valence-corrected chi connectivity index (χ1v) is 11.0. The second-order valence-electron chi connectivity index (χ2n) is 7.34. The van der Waals surface area contributed by atoms with Crippen LogP contribution < -0.4 is 4.74 Å². The maximum atomic E-state index is 12.7. The van der Waals surface area contributed by atoms with Crippen LogP contribution in [0, 0.1) is 10.1 Å². The quantitative estimate of drug-likeness (QED) is 0.194. The molecular formula is C25H18N2O6S. The number of amides is 2. The second kappa shape index (κ2) is 10.1. The van der Waals surface area contributed by atoms with Gasteiger partial charge in [0.2, 0.25) is 0 Å². The predicted octanol–water partition coefficient (Wildman–Crippen LogP) is 5.09. The minimum atomic E-state index is -0.572. The molecule has 0 aromatic heterocycles. The lowest BCUT2D eigenvalue weighted by atomic mass is 10.1. The van der Waals surface area contributed by atoms with Crippen LogP contribution >= 0.6 is 11.8 Å². The van der Waals surface area contributed by atoms with E-state index in [1.54, 1.807) is 30.3 Å². The standard InChI is InChI=1S/C25H18N2O6S/c28-22(19-8-10-20(11-9-19)27(31)32)15-26-24(29)23(34-25(26)30)14-17-6-12-21(13-7-17)33-16-18-4-2-1-3-5-18/h1-14H,15-16H2/b23-14+. The number of carbonyl (C=O) groups excluding carboxylic acids is 3. The number of rotatable bonds is 8. The van der Waals surface area contributed by atoms with Crippen molar-refractivity contribution in [1.82, 2.24) is 4.90 Å². The highest BCUT2D eigenvalue weighted by molar-refractivity contribution is 8.18. The Bertz CT molecular complexity index is 1270. The van der Waals surface area contributed by atoms with E-state index in [4.69, 9.17) is 4.74 Å². The third-order valence-corrected chi connectivity index (χ3v) is 5.91. The van der Waals surface area contributed by atoms with E-state index in [1.807, 2.05) is 30.3 Å². The number of hydrogen-bond donors (Lipinski definition) is 0. The molecule has 0 bridgehead atoms. The van der Waals surface area contributed by atoms with Gasteiger partial charge in [0.05, 0.1) is 16.4 Å². The van der Waals surface area contributed by atoms with E-state index in [0.717, 1.165) is 22.2 Å². The van der Waals surface area contributed by atoms with Crippen LogP contribution in [-0.4, -0.2) is 33.3 Å². The summed E-state index contributed by atoms with van der Waals surface area (Å²) in [7, 11) is 0. The van der Waals surface area contributed by atoms with Gasteiger partial charge in [0.15, 0.2) is 5.78 Å². The molecule has 0 atom stereocenters. The van der Waals surface area contributed by atoms with E-state index in [1.165, 1.54) is 24.3 Å². The van der Waals surface area contributed by atoms with Crippen molar-refractivity contribution < 1.29 is 24.0 Å². The third-order valence-electron chi connectivity index (χ3n) is 5.00.